The number of hydrogen-bond acceptors (Lipinski definition) is 4. The Bertz CT molecular complexity index is 273. The fourth-order valence-corrected chi connectivity index (χ4v) is 1.62. The van der Waals surface area contributed by atoms with Crippen LogP contribution in [0.5, 0.6) is 0 Å². The van der Waals surface area contributed by atoms with Crippen LogP contribution in [0, 0.1) is 0 Å². The predicted octanol–water partition coefficient (Wildman–Crippen LogP) is -0.368. The summed E-state index contributed by atoms with van der Waals surface area (Å²) in [6.45, 7) is 0.281. The molecule has 0 aromatic carbocycles. The van der Waals surface area contributed by atoms with Gasteiger partial charge in [0.15, 0.2) is 11.7 Å². The first kappa shape index (κ1) is 12.1. The third-order valence-corrected chi connectivity index (χ3v) is 2.47. The van der Waals surface area contributed by atoms with Gasteiger partial charge in [0.2, 0.25) is 0 Å². The van der Waals surface area contributed by atoms with Crippen molar-refractivity contribution < 1.29 is 19.4 Å². The van der Waals surface area contributed by atoms with Crippen molar-refractivity contribution in [2.24, 2.45) is 5.73 Å². The number of ether oxygens (including phenoxy) is 1. The summed E-state index contributed by atoms with van der Waals surface area (Å²) in [5.41, 5.74) is 3.39. The summed E-state index contributed by atoms with van der Waals surface area (Å²) in [5.74, 6) is -0.828. The van der Waals surface area contributed by atoms with Gasteiger partial charge in [-0.2, -0.15) is 0 Å². The molecule has 1 fully saturated rings. The summed E-state index contributed by atoms with van der Waals surface area (Å²) in [7, 11) is 0. The van der Waals surface area contributed by atoms with Gasteiger partial charge in [0.1, 0.15) is 0 Å². The zero-order valence-electron chi connectivity index (χ0n) is 8.11. The van der Waals surface area contributed by atoms with Crippen molar-refractivity contribution in [2.45, 2.75) is 18.4 Å². The SMILES string of the molecule is NC(=O)C1(O)CCCN(C(=O)OCCl)C1. The fraction of sp³-hybridized carbons (Fsp3) is 0.750. The van der Waals surface area contributed by atoms with Crippen LogP contribution < -0.4 is 5.73 Å². The number of piperidine rings is 1. The van der Waals surface area contributed by atoms with Gasteiger partial charge in [0, 0.05) is 6.54 Å². The van der Waals surface area contributed by atoms with Gasteiger partial charge in [-0.3, -0.25) is 4.79 Å². The zero-order chi connectivity index (χ0) is 11.5. The molecule has 0 bridgehead atoms. The lowest BCUT2D eigenvalue weighted by atomic mass is 9.92. The monoisotopic (exact) mass is 236 g/mol. The average molecular weight is 237 g/mol. The quantitative estimate of drug-likeness (QED) is 0.640. The van der Waals surface area contributed by atoms with Gasteiger partial charge in [0.05, 0.1) is 6.54 Å². The molecule has 0 aliphatic carbocycles. The minimum atomic E-state index is -1.65. The van der Waals surface area contributed by atoms with E-state index in [1.807, 2.05) is 0 Å². The Morgan fingerprint density at radius 2 is 2.27 bits per heavy atom. The number of β-amino-alcohol motifs (C(OH)–C–C–N with tert-alkyl or cyclic N) is 1. The normalized spacial score (nSPS) is 26.1. The summed E-state index contributed by atoms with van der Waals surface area (Å²) in [6, 6.07) is -0.260. The lowest BCUT2D eigenvalue weighted by molar-refractivity contribution is -0.141. The summed E-state index contributed by atoms with van der Waals surface area (Å²) in [5, 5.41) is 9.78. The molecule has 1 atom stereocenters. The average Bonchev–Trinajstić information content (AvgIpc) is 2.18. The summed E-state index contributed by atoms with van der Waals surface area (Å²) in [6.07, 6.45) is 0.105. The Labute approximate surface area is 91.9 Å². The Kier molecular flexibility index (Phi) is 3.76. The molecule has 1 saturated heterocycles. The second-order valence-electron chi connectivity index (χ2n) is 3.44. The van der Waals surface area contributed by atoms with Gasteiger partial charge in [-0.05, 0) is 12.8 Å². The van der Waals surface area contributed by atoms with Crippen molar-refractivity contribution in [3.05, 3.63) is 0 Å². The molecule has 1 rings (SSSR count). The maximum atomic E-state index is 11.3. The van der Waals surface area contributed by atoms with E-state index >= 15 is 0 Å². The Balaban J connectivity index is 2.63. The second-order valence-corrected chi connectivity index (χ2v) is 3.66. The molecule has 3 N–H and O–H groups in total. The molecule has 0 saturated carbocycles. The van der Waals surface area contributed by atoms with Crippen LogP contribution in [0.2, 0.25) is 0 Å². The molecule has 0 aromatic heterocycles. The highest BCUT2D eigenvalue weighted by Crippen LogP contribution is 2.21. The van der Waals surface area contributed by atoms with Gasteiger partial charge in [-0.1, -0.05) is 11.6 Å². The molecular weight excluding hydrogens is 224 g/mol. The molecule has 0 spiro atoms. The van der Waals surface area contributed by atoms with Crippen molar-refractivity contribution >= 4 is 23.6 Å². The number of nitrogens with zero attached hydrogens (tertiary/aromatic N) is 1. The Morgan fingerprint density at radius 1 is 1.60 bits per heavy atom. The molecule has 1 unspecified atom stereocenters. The fourth-order valence-electron chi connectivity index (χ4n) is 1.53. The molecule has 0 radical (unpaired) electrons. The van der Waals surface area contributed by atoms with Crippen LogP contribution in [0.25, 0.3) is 0 Å². The van der Waals surface area contributed by atoms with Crippen molar-refractivity contribution in [1.82, 2.24) is 4.90 Å². The maximum absolute atomic E-state index is 11.3. The van der Waals surface area contributed by atoms with Gasteiger partial charge >= 0.3 is 6.09 Å². The predicted molar refractivity (Wildman–Crippen MR) is 52.2 cm³/mol. The van der Waals surface area contributed by atoms with Crippen LogP contribution in [-0.2, 0) is 9.53 Å². The number of carbonyl (C=O) groups excluding carboxylic acids is 2. The van der Waals surface area contributed by atoms with E-state index in [0.717, 1.165) is 0 Å². The molecule has 1 heterocycles. The minimum Gasteiger partial charge on any atom is -0.433 e. The number of carbonyl (C=O) groups is 2. The summed E-state index contributed by atoms with van der Waals surface area (Å²) >= 11 is 5.23. The van der Waals surface area contributed by atoms with Gasteiger partial charge < -0.3 is 20.5 Å². The first-order valence-electron chi connectivity index (χ1n) is 4.49. The molecule has 2 amide bonds. The summed E-state index contributed by atoms with van der Waals surface area (Å²) in [4.78, 5) is 23.5. The topological polar surface area (TPSA) is 92.9 Å². The van der Waals surface area contributed by atoms with Crippen LogP contribution in [0.3, 0.4) is 0 Å². The van der Waals surface area contributed by atoms with Crippen molar-refractivity contribution in [1.29, 1.82) is 0 Å². The highest BCUT2D eigenvalue weighted by molar-refractivity contribution is 6.17. The van der Waals surface area contributed by atoms with Crippen molar-refractivity contribution in [3.63, 3.8) is 0 Å². The van der Waals surface area contributed by atoms with E-state index in [4.69, 9.17) is 17.3 Å². The third-order valence-electron chi connectivity index (χ3n) is 2.37. The van der Waals surface area contributed by atoms with E-state index in [2.05, 4.69) is 4.74 Å². The number of primary amides is 1. The number of nitrogens with two attached hydrogens (primary N) is 1. The second kappa shape index (κ2) is 4.67. The lowest BCUT2D eigenvalue weighted by Gasteiger charge is -2.36. The molecule has 15 heavy (non-hydrogen) atoms. The molecule has 1 aliphatic heterocycles. The van der Waals surface area contributed by atoms with Gasteiger partial charge in [-0.25, -0.2) is 4.79 Å². The molecule has 0 aromatic rings. The van der Waals surface area contributed by atoms with Crippen LogP contribution >= 0.6 is 11.6 Å². The van der Waals surface area contributed by atoms with Crippen LogP contribution in [0.4, 0.5) is 4.79 Å². The number of hydrogen-bond donors (Lipinski definition) is 2. The van der Waals surface area contributed by atoms with E-state index < -0.39 is 17.6 Å². The molecule has 7 heteroatoms. The third kappa shape index (κ3) is 2.73. The van der Waals surface area contributed by atoms with E-state index in [0.29, 0.717) is 13.0 Å². The van der Waals surface area contributed by atoms with Crippen molar-refractivity contribution in [3.8, 4) is 0 Å². The first-order chi connectivity index (χ1) is 6.99. The van der Waals surface area contributed by atoms with Crippen LogP contribution in [0.1, 0.15) is 12.8 Å². The highest BCUT2D eigenvalue weighted by Gasteiger charge is 2.40. The Hall–Kier alpha value is -1.01. The smallest absolute Gasteiger partial charge is 0.411 e. The van der Waals surface area contributed by atoms with Crippen LogP contribution in [0.15, 0.2) is 0 Å². The van der Waals surface area contributed by atoms with E-state index in [1.54, 1.807) is 0 Å². The van der Waals surface area contributed by atoms with E-state index in [9.17, 15) is 14.7 Å². The maximum Gasteiger partial charge on any atom is 0.411 e. The van der Waals surface area contributed by atoms with Crippen LogP contribution in [-0.4, -0.2) is 46.8 Å². The Morgan fingerprint density at radius 3 is 2.80 bits per heavy atom. The number of likely N-dealkylation sites (tertiary alicyclic amines) is 1. The molecule has 1 aliphatic rings. The number of alkyl halides is 1. The largest absolute Gasteiger partial charge is 0.433 e. The van der Waals surface area contributed by atoms with E-state index in [-0.39, 0.29) is 19.0 Å². The van der Waals surface area contributed by atoms with Gasteiger partial charge in [0.25, 0.3) is 5.91 Å². The molecular formula is C8H13ClN2O4. The number of rotatable bonds is 2. The van der Waals surface area contributed by atoms with Gasteiger partial charge in [-0.15, -0.1) is 0 Å². The van der Waals surface area contributed by atoms with Crippen molar-refractivity contribution in [2.75, 3.05) is 19.2 Å². The number of aliphatic hydroxyl groups is 1. The minimum absolute atomic E-state index is 0.141. The molecule has 86 valence electrons. The van der Waals surface area contributed by atoms with E-state index in [1.165, 1.54) is 4.90 Å². The lowest BCUT2D eigenvalue weighted by Crippen LogP contribution is -2.57. The number of halogens is 1. The summed E-state index contributed by atoms with van der Waals surface area (Å²) < 4.78 is 4.54. The standard InChI is InChI=1S/C8H13ClN2O4/c9-5-15-7(13)11-3-1-2-8(14,4-11)6(10)12/h14H,1-5H2,(H2,10,12). The highest BCUT2D eigenvalue weighted by atomic mass is 35.5. The first-order valence-corrected chi connectivity index (χ1v) is 5.03. The molecule has 6 nitrogen and oxygen atoms in total. The zero-order valence-corrected chi connectivity index (χ0v) is 8.87. The number of amides is 2.